The molecule has 0 bridgehead atoms. The van der Waals surface area contributed by atoms with E-state index in [0.717, 1.165) is 6.07 Å². The summed E-state index contributed by atoms with van der Waals surface area (Å²) in [6.07, 6.45) is 2.84. The van der Waals surface area contributed by atoms with Crippen molar-refractivity contribution in [1.29, 1.82) is 0 Å². The van der Waals surface area contributed by atoms with E-state index in [4.69, 9.17) is 14.3 Å². The second kappa shape index (κ2) is 6.73. The van der Waals surface area contributed by atoms with Gasteiger partial charge in [-0.3, -0.25) is 0 Å². The van der Waals surface area contributed by atoms with Crippen molar-refractivity contribution in [2.75, 3.05) is 20.3 Å². The maximum Gasteiger partial charge on any atom is 0.335 e. The number of aromatic carboxylic acids is 1. The molecule has 1 aromatic heterocycles. The Labute approximate surface area is 127 Å². The van der Waals surface area contributed by atoms with Crippen LogP contribution in [0.1, 0.15) is 10.4 Å². The lowest BCUT2D eigenvalue weighted by atomic mass is 10.1. The van der Waals surface area contributed by atoms with Gasteiger partial charge in [0.2, 0.25) is 10.0 Å². The lowest BCUT2D eigenvalue weighted by Gasteiger charge is -2.09. The van der Waals surface area contributed by atoms with Crippen LogP contribution in [0.15, 0.2) is 46.1 Å². The number of rotatable bonds is 7. The molecule has 0 saturated heterocycles. The first-order chi connectivity index (χ1) is 10.4. The van der Waals surface area contributed by atoms with Crippen LogP contribution in [0, 0.1) is 0 Å². The van der Waals surface area contributed by atoms with Crippen LogP contribution in [0.3, 0.4) is 0 Å². The topological polar surface area (TPSA) is 106 Å². The van der Waals surface area contributed by atoms with Gasteiger partial charge in [0, 0.05) is 19.2 Å². The van der Waals surface area contributed by atoms with Gasteiger partial charge in [0.25, 0.3) is 0 Å². The van der Waals surface area contributed by atoms with E-state index in [1.165, 1.54) is 31.8 Å². The van der Waals surface area contributed by atoms with Gasteiger partial charge in [-0.05, 0) is 29.8 Å². The largest absolute Gasteiger partial charge is 0.478 e. The van der Waals surface area contributed by atoms with Crippen LogP contribution in [-0.4, -0.2) is 39.8 Å². The lowest BCUT2D eigenvalue weighted by Crippen LogP contribution is -2.27. The lowest BCUT2D eigenvalue weighted by molar-refractivity contribution is 0.0696. The van der Waals surface area contributed by atoms with Gasteiger partial charge in [0.05, 0.1) is 29.6 Å². The molecule has 0 aliphatic carbocycles. The third-order valence-electron chi connectivity index (χ3n) is 2.92. The molecule has 118 valence electrons. The highest BCUT2D eigenvalue weighted by atomic mass is 32.2. The van der Waals surface area contributed by atoms with Gasteiger partial charge in [-0.25, -0.2) is 17.9 Å². The van der Waals surface area contributed by atoms with Gasteiger partial charge >= 0.3 is 5.97 Å². The van der Waals surface area contributed by atoms with Gasteiger partial charge in [-0.2, -0.15) is 0 Å². The zero-order chi connectivity index (χ0) is 16.2. The first-order valence-corrected chi connectivity index (χ1v) is 7.82. The number of ether oxygens (including phenoxy) is 1. The fraction of sp³-hybridized carbons (Fsp3) is 0.214. The SMILES string of the molecule is COCCNS(=O)(=O)c1cc(C(=O)O)cc(-c2ccoc2)c1. The minimum atomic E-state index is -3.83. The van der Waals surface area contributed by atoms with E-state index in [2.05, 4.69) is 4.72 Å². The summed E-state index contributed by atoms with van der Waals surface area (Å²) < 4.78 is 36.5. The fourth-order valence-corrected chi connectivity index (χ4v) is 2.92. The van der Waals surface area contributed by atoms with Crippen LogP contribution < -0.4 is 4.72 Å². The Balaban J connectivity index is 2.45. The molecule has 0 amide bonds. The molecule has 2 aromatic rings. The van der Waals surface area contributed by atoms with Crippen molar-refractivity contribution >= 4 is 16.0 Å². The number of carboxylic acids is 1. The number of benzene rings is 1. The number of furan rings is 1. The van der Waals surface area contributed by atoms with Crippen LogP contribution in [0.25, 0.3) is 11.1 Å². The molecule has 8 heteroatoms. The second-order valence-corrected chi connectivity index (χ2v) is 6.22. The quantitative estimate of drug-likeness (QED) is 0.749. The highest BCUT2D eigenvalue weighted by Gasteiger charge is 2.18. The van der Waals surface area contributed by atoms with Crippen LogP contribution in [0.5, 0.6) is 0 Å². The third-order valence-corrected chi connectivity index (χ3v) is 4.36. The van der Waals surface area contributed by atoms with Gasteiger partial charge in [-0.1, -0.05) is 0 Å². The molecular formula is C14H15NO6S. The Morgan fingerprint density at radius 1 is 1.32 bits per heavy atom. The summed E-state index contributed by atoms with van der Waals surface area (Å²) in [4.78, 5) is 11.1. The molecule has 0 spiro atoms. The summed E-state index contributed by atoms with van der Waals surface area (Å²) in [6.45, 7) is 0.309. The molecule has 7 nitrogen and oxygen atoms in total. The number of methoxy groups -OCH3 is 1. The summed E-state index contributed by atoms with van der Waals surface area (Å²) in [6, 6.07) is 5.52. The number of hydrogen-bond donors (Lipinski definition) is 2. The zero-order valence-corrected chi connectivity index (χ0v) is 12.6. The predicted molar refractivity (Wildman–Crippen MR) is 78.2 cm³/mol. The number of carboxylic acid groups (broad SMARTS) is 1. The average molecular weight is 325 g/mol. The monoisotopic (exact) mass is 325 g/mol. The van der Waals surface area contributed by atoms with Crippen molar-refractivity contribution in [3.8, 4) is 11.1 Å². The molecular weight excluding hydrogens is 310 g/mol. The molecule has 0 atom stereocenters. The van der Waals surface area contributed by atoms with Crippen LogP contribution in [0.2, 0.25) is 0 Å². The maximum atomic E-state index is 12.2. The second-order valence-electron chi connectivity index (χ2n) is 4.45. The van der Waals surface area contributed by atoms with Crippen LogP contribution in [-0.2, 0) is 14.8 Å². The van der Waals surface area contributed by atoms with Gasteiger partial charge in [0.1, 0.15) is 0 Å². The Kier molecular flexibility index (Phi) is 4.96. The Bertz CT molecular complexity index is 752. The molecule has 0 aliphatic rings. The van der Waals surface area contributed by atoms with Crippen molar-refractivity contribution in [1.82, 2.24) is 4.72 Å². The smallest absolute Gasteiger partial charge is 0.335 e. The standard InChI is InChI=1S/C14H15NO6S/c1-20-5-3-15-22(18,19)13-7-11(10-2-4-21-9-10)6-12(8-13)14(16)17/h2,4,6-9,15H,3,5H2,1H3,(H,16,17). The molecule has 1 aromatic carbocycles. The third kappa shape index (κ3) is 3.73. The summed E-state index contributed by atoms with van der Waals surface area (Å²) in [5.41, 5.74) is 0.919. The summed E-state index contributed by atoms with van der Waals surface area (Å²) >= 11 is 0. The molecule has 0 aliphatic heterocycles. The predicted octanol–water partition coefficient (Wildman–Crippen LogP) is 1.57. The Morgan fingerprint density at radius 2 is 2.09 bits per heavy atom. The number of hydrogen-bond acceptors (Lipinski definition) is 5. The molecule has 0 radical (unpaired) electrons. The molecule has 0 fully saturated rings. The van der Waals surface area contributed by atoms with Gasteiger partial charge in [0.15, 0.2) is 0 Å². The van der Waals surface area contributed by atoms with E-state index in [1.807, 2.05) is 0 Å². The highest BCUT2D eigenvalue weighted by molar-refractivity contribution is 7.89. The summed E-state index contributed by atoms with van der Waals surface area (Å²) in [5.74, 6) is -1.21. The van der Waals surface area contributed by atoms with Gasteiger partial charge in [-0.15, -0.1) is 0 Å². The maximum absolute atomic E-state index is 12.2. The molecule has 2 rings (SSSR count). The van der Waals surface area contributed by atoms with Crippen LogP contribution >= 0.6 is 0 Å². The Hall–Kier alpha value is -2.16. The molecule has 0 unspecified atom stereocenters. The zero-order valence-electron chi connectivity index (χ0n) is 11.8. The fourth-order valence-electron chi connectivity index (χ4n) is 1.83. The first-order valence-electron chi connectivity index (χ1n) is 6.33. The van der Waals surface area contributed by atoms with Crippen LogP contribution in [0.4, 0.5) is 0 Å². The summed E-state index contributed by atoms with van der Waals surface area (Å²) in [5, 5.41) is 9.15. The van der Waals surface area contributed by atoms with Crippen molar-refractivity contribution in [3.05, 3.63) is 42.4 Å². The number of carbonyl (C=O) groups is 1. The van der Waals surface area contributed by atoms with E-state index < -0.39 is 16.0 Å². The molecule has 1 heterocycles. The molecule has 22 heavy (non-hydrogen) atoms. The Morgan fingerprint density at radius 3 is 2.68 bits per heavy atom. The van der Waals surface area contributed by atoms with E-state index in [1.54, 1.807) is 6.07 Å². The van der Waals surface area contributed by atoms with Crippen molar-refractivity contribution in [3.63, 3.8) is 0 Å². The van der Waals surface area contributed by atoms with Crippen molar-refractivity contribution < 1.29 is 27.5 Å². The molecule has 0 saturated carbocycles. The first kappa shape index (κ1) is 16.2. The number of sulfonamides is 1. The number of nitrogens with one attached hydrogen (secondary N) is 1. The average Bonchev–Trinajstić information content (AvgIpc) is 3.01. The van der Waals surface area contributed by atoms with E-state index in [-0.39, 0.29) is 23.6 Å². The van der Waals surface area contributed by atoms with E-state index in [9.17, 15) is 13.2 Å². The molecule has 2 N–H and O–H groups in total. The summed E-state index contributed by atoms with van der Waals surface area (Å²) in [7, 11) is -2.37. The normalized spacial score (nSPS) is 11.5. The minimum Gasteiger partial charge on any atom is -0.478 e. The van der Waals surface area contributed by atoms with Crippen molar-refractivity contribution in [2.45, 2.75) is 4.90 Å². The van der Waals surface area contributed by atoms with Gasteiger partial charge < -0.3 is 14.3 Å². The van der Waals surface area contributed by atoms with Crippen molar-refractivity contribution in [2.24, 2.45) is 0 Å². The van der Waals surface area contributed by atoms with E-state index in [0.29, 0.717) is 11.1 Å². The van der Waals surface area contributed by atoms with E-state index >= 15 is 0 Å². The minimum absolute atomic E-state index is 0.0944. The highest BCUT2D eigenvalue weighted by Crippen LogP contribution is 2.25.